The third-order valence-electron chi connectivity index (χ3n) is 4.11. The summed E-state index contributed by atoms with van der Waals surface area (Å²) in [6.45, 7) is 3.31. The summed E-state index contributed by atoms with van der Waals surface area (Å²) in [7, 11) is 1.91. The van der Waals surface area contributed by atoms with E-state index in [9.17, 15) is 4.79 Å². The summed E-state index contributed by atoms with van der Waals surface area (Å²) in [4.78, 5) is 25.7. The molecule has 0 fully saturated rings. The van der Waals surface area contributed by atoms with Crippen molar-refractivity contribution in [2.75, 3.05) is 18.5 Å². The van der Waals surface area contributed by atoms with Crippen LogP contribution in [0.15, 0.2) is 47.7 Å². The monoisotopic (exact) mass is 372 g/mol. The summed E-state index contributed by atoms with van der Waals surface area (Å²) >= 11 is 5.90. The molecule has 0 aliphatic heterocycles. The van der Waals surface area contributed by atoms with E-state index in [1.54, 1.807) is 23.3 Å². The van der Waals surface area contributed by atoms with Crippen LogP contribution < -0.4 is 10.5 Å². The van der Waals surface area contributed by atoms with Crippen LogP contribution in [0.3, 0.4) is 0 Å². The van der Waals surface area contributed by atoms with E-state index in [0.717, 1.165) is 17.8 Å². The first kappa shape index (κ1) is 18.1. The highest BCUT2D eigenvalue weighted by molar-refractivity contribution is 6.30. The van der Waals surface area contributed by atoms with E-state index >= 15 is 0 Å². The first-order valence-corrected chi connectivity index (χ1v) is 8.79. The Labute approximate surface area is 156 Å². The standard InChI is InChI=1S/C18H21ClN6O/c1-13(11-25-12-14(19)10-21-25)16-9-17(26)23-18(22-16)24(2)8-6-15-5-3-4-7-20-15/h3-5,7,9-10,12-13H,6,8,11H2,1-2H3,(H,22,23,26)/t13-/m0/s1. The number of rotatable bonds is 7. The second kappa shape index (κ2) is 8.14. The van der Waals surface area contributed by atoms with Crippen molar-refractivity contribution in [3.63, 3.8) is 0 Å². The van der Waals surface area contributed by atoms with Gasteiger partial charge in [-0.05, 0) is 12.1 Å². The quantitative estimate of drug-likeness (QED) is 0.689. The van der Waals surface area contributed by atoms with Gasteiger partial charge in [-0.2, -0.15) is 5.10 Å². The van der Waals surface area contributed by atoms with Crippen LogP contribution >= 0.6 is 11.6 Å². The largest absolute Gasteiger partial charge is 0.345 e. The molecule has 0 spiro atoms. The van der Waals surface area contributed by atoms with Gasteiger partial charge in [0.05, 0.1) is 16.9 Å². The second-order valence-electron chi connectivity index (χ2n) is 6.27. The average Bonchev–Trinajstić information content (AvgIpc) is 3.04. The molecule has 0 aliphatic rings. The first-order chi connectivity index (χ1) is 12.5. The molecule has 1 atom stereocenters. The van der Waals surface area contributed by atoms with Gasteiger partial charge in [0.25, 0.3) is 5.56 Å². The lowest BCUT2D eigenvalue weighted by Gasteiger charge is -2.19. The van der Waals surface area contributed by atoms with Crippen molar-refractivity contribution in [1.29, 1.82) is 0 Å². The van der Waals surface area contributed by atoms with E-state index in [0.29, 0.717) is 24.1 Å². The summed E-state index contributed by atoms with van der Waals surface area (Å²) < 4.78 is 1.75. The maximum Gasteiger partial charge on any atom is 0.252 e. The number of halogens is 1. The summed E-state index contributed by atoms with van der Waals surface area (Å²) in [5.74, 6) is 0.574. The van der Waals surface area contributed by atoms with Gasteiger partial charge in [0.2, 0.25) is 5.95 Å². The molecule has 3 aromatic heterocycles. The van der Waals surface area contributed by atoms with Gasteiger partial charge >= 0.3 is 0 Å². The van der Waals surface area contributed by atoms with E-state index in [4.69, 9.17) is 11.6 Å². The van der Waals surface area contributed by atoms with E-state index in [-0.39, 0.29) is 11.5 Å². The van der Waals surface area contributed by atoms with Crippen molar-refractivity contribution in [2.24, 2.45) is 0 Å². The molecule has 0 unspecified atom stereocenters. The maximum atomic E-state index is 12.1. The lowest BCUT2D eigenvalue weighted by atomic mass is 10.1. The zero-order valence-corrected chi connectivity index (χ0v) is 15.5. The molecule has 3 rings (SSSR count). The highest BCUT2D eigenvalue weighted by Crippen LogP contribution is 2.17. The molecule has 0 saturated heterocycles. The van der Waals surface area contributed by atoms with Crippen molar-refractivity contribution < 1.29 is 0 Å². The van der Waals surface area contributed by atoms with Gasteiger partial charge < -0.3 is 4.90 Å². The molecular weight excluding hydrogens is 352 g/mol. The Morgan fingerprint density at radius 3 is 2.92 bits per heavy atom. The minimum absolute atomic E-state index is 0.0243. The topological polar surface area (TPSA) is 79.7 Å². The second-order valence-corrected chi connectivity index (χ2v) is 6.70. The molecule has 3 heterocycles. The molecule has 3 aromatic rings. The predicted octanol–water partition coefficient (Wildman–Crippen LogP) is 2.50. The van der Waals surface area contributed by atoms with Gasteiger partial charge in [-0.15, -0.1) is 0 Å². The van der Waals surface area contributed by atoms with Crippen LogP contribution in [0.1, 0.15) is 24.2 Å². The van der Waals surface area contributed by atoms with Crippen molar-refractivity contribution >= 4 is 17.5 Å². The number of aromatic nitrogens is 5. The lowest BCUT2D eigenvalue weighted by Crippen LogP contribution is -2.26. The molecule has 0 bridgehead atoms. The molecule has 136 valence electrons. The number of aromatic amines is 1. The molecule has 8 heteroatoms. The van der Waals surface area contributed by atoms with Gasteiger partial charge in [-0.1, -0.05) is 24.6 Å². The minimum atomic E-state index is -0.167. The number of H-pyrrole nitrogens is 1. The Morgan fingerprint density at radius 2 is 2.23 bits per heavy atom. The van der Waals surface area contributed by atoms with Gasteiger partial charge in [0, 0.05) is 56.6 Å². The van der Waals surface area contributed by atoms with Crippen LogP contribution in [0, 0.1) is 0 Å². The minimum Gasteiger partial charge on any atom is -0.345 e. The summed E-state index contributed by atoms with van der Waals surface area (Å²) in [5.41, 5.74) is 1.56. The van der Waals surface area contributed by atoms with Crippen LogP contribution in [0.4, 0.5) is 5.95 Å². The first-order valence-electron chi connectivity index (χ1n) is 8.41. The van der Waals surface area contributed by atoms with E-state index in [1.807, 2.05) is 37.1 Å². The molecule has 0 aromatic carbocycles. The Bertz CT molecular complexity index is 907. The van der Waals surface area contributed by atoms with E-state index < -0.39 is 0 Å². The molecule has 1 N–H and O–H groups in total. The average molecular weight is 373 g/mol. The van der Waals surface area contributed by atoms with Gasteiger partial charge in [-0.3, -0.25) is 19.4 Å². The van der Waals surface area contributed by atoms with Crippen LogP contribution in [-0.4, -0.2) is 38.3 Å². The van der Waals surface area contributed by atoms with Crippen molar-refractivity contribution in [1.82, 2.24) is 24.7 Å². The Hall–Kier alpha value is -2.67. The van der Waals surface area contributed by atoms with Crippen LogP contribution in [0.2, 0.25) is 5.02 Å². The zero-order valence-electron chi connectivity index (χ0n) is 14.8. The van der Waals surface area contributed by atoms with Gasteiger partial charge in [0.1, 0.15) is 0 Å². The van der Waals surface area contributed by atoms with Gasteiger partial charge in [-0.25, -0.2) is 4.98 Å². The van der Waals surface area contributed by atoms with Crippen molar-refractivity contribution in [3.05, 3.63) is 69.6 Å². The van der Waals surface area contributed by atoms with Gasteiger partial charge in [0.15, 0.2) is 0 Å². The predicted molar refractivity (Wildman–Crippen MR) is 102 cm³/mol. The molecular formula is C18H21ClN6O. The summed E-state index contributed by atoms with van der Waals surface area (Å²) in [6, 6.07) is 7.37. The zero-order chi connectivity index (χ0) is 18.5. The van der Waals surface area contributed by atoms with E-state index in [1.165, 1.54) is 6.07 Å². The molecule has 7 nitrogen and oxygen atoms in total. The fraction of sp³-hybridized carbons (Fsp3) is 0.333. The molecule has 0 aliphatic carbocycles. The van der Waals surface area contributed by atoms with Crippen molar-refractivity contribution in [3.8, 4) is 0 Å². The number of anilines is 1. The number of likely N-dealkylation sites (N-methyl/N-ethyl adjacent to an activating group) is 1. The molecule has 0 saturated carbocycles. The van der Waals surface area contributed by atoms with Crippen LogP contribution in [0.25, 0.3) is 0 Å². The molecule has 0 radical (unpaired) electrons. The third-order valence-corrected chi connectivity index (χ3v) is 4.30. The summed E-state index contributed by atoms with van der Waals surface area (Å²) in [5, 5.41) is 4.77. The number of hydrogen-bond acceptors (Lipinski definition) is 5. The molecule has 0 amide bonds. The fourth-order valence-corrected chi connectivity index (χ4v) is 2.80. The normalized spacial score (nSPS) is 12.1. The van der Waals surface area contributed by atoms with Crippen molar-refractivity contribution in [2.45, 2.75) is 25.8 Å². The SMILES string of the molecule is C[C@@H](Cn1cc(Cl)cn1)c1cc(=O)[nH]c(N(C)CCc2ccccn2)n1. The number of nitrogens with one attached hydrogen (secondary N) is 1. The highest BCUT2D eigenvalue weighted by atomic mass is 35.5. The number of pyridine rings is 1. The number of hydrogen-bond donors (Lipinski definition) is 1. The maximum absolute atomic E-state index is 12.1. The Kier molecular flexibility index (Phi) is 5.68. The lowest BCUT2D eigenvalue weighted by molar-refractivity contribution is 0.533. The van der Waals surface area contributed by atoms with Crippen LogP contribution in [-0.2, 0) is 13.0 Å². The Morgan fingerprint density at radius 1 is 1.38 bits per heavy atom. The van der Waals surface area contributed by atoms with E-state index in [2.05, 4.69) is 20.1 Å². The smallest absolute Gasteiger partial charge is 0.252 e. The number of nitrogens with zero attached hydrogens (tertiary/aromatic N) is 5. The third kappa shape index (κ3) is 4.70. The highest BCUT2D eigenvalue weighted by Gasteiger charge is 2.13. The summed E-state index contributed by atoms with van der Waals surface area (Å²) in [6.07, 6.45) is 5.90. The molecule has 26 heavy (non-hydrogen) atoms. The van der Waals surface area contributed by atoms with Crippen LogP contribution in [0.5, 0.6) is 0 Å². The Balaban J connectivity index is 1.71. The fourth-order valence-electron chi connectivity index (χ4n) is 2.64.